The lowest BCUT2D eigenvalue weighted by Crippen LogP contribution is -2.32. The summed E-state index contributed by atoms with van der Waals surface area (Å²) >= 11 is 0. The Morgan fingerprint density at radius 2 is 2.07 bits per heavy atom. The van der Waals surface area contributed by atoms with Crippen LogP contribution in [0.2, 0.25) is 0 Å². The number of nitrogens with zero attached hydrogens (tertiary/aromatic N) is 2. The van der Waals surface area contributed by atoms with Gasteiger partial charge in [-0.05, 0) is 26.2 Å². The highest BCUT2D eigenvalue weighted by atomic mass is 16.5. The summed E-state index contributed by atoms with van der Waals surface area (Å²) in [6, 6.07) is 0. The Balaban J connectivity index is 2.23. The van der Waals surface area contributed by atoms with Crippen molar-refractivity contribution in [3.63, 3.8) is 0 Å². The monoisotopic (exact) mass is 193 g/mol. The molecule has 0 amide bonds. The van der Waals surface area contributed by atoms with E-state index >= 15 is 0 Å². The fraction of sp³-hybridized carbons (Fsp3) is 0.600. The van der Waals surface area contributed by atoms with Gasteiger partial charge < -0.3 is 10.5 Å². The number of hydrogen-bond donors (Lipinski definition) is 1. The first-order valence-electron chi connectivity index (χ1n) is 4.93. The van der Waals surface area contributed by atoms with E-state index in [-0.39, 0.29) is 5.60 Å². The minimum atomic E-state index is -0.314. The molecule has 2 heterocycles. The Kier molecular flexibility index (Phi) is 2.37. The number of aromatic nitrogens is 2. The first-order valence-corrected chi connectivity index (χ1v) is 4.93. The van der Waals surface area contributed by atoms with E-state index in [4.69, 9.17) is 10.5 Å². The minimum Gasteiger partial charge on any atom is -0.396 e. The van der Waals surface area contributed by atoms with E-state index in [0.29, 0.717) is 5.69 Å². The van der Waals surface area contributed by atoms with Gasteiger partial charge in [-0.1, -0.05) is 0 Å². The molecule has 1 saturated heterocycles. The quantitative estimate of drug-likeness (QED) is 0.733. The summed E-state index contributed by atoms with van der Waals surface area (Å²) in [6.07, 6.45) is 6.54. The second-order valence-corrected chi connectivity index (χ2v) is 3.88. The van der Waals surface area contributed by atoms with E-state index in [1.807, 2.05) is 6.92 Å². The number of nitrogens with two attached hydrogens (primary N) is 1. The third kappa shape index (κ3) is 1.70. The Morgan fingerprint density at radius 1 is 1.36 bits per heavy atom. The molecule has 1 aliphatic rings. The van der Waals surface area contributed by atoms with Crippen LogP contribution in [0.4, 0.5) is 5.69 Å². The van der Waals surface area contributed by atoms with Gasteiger partial charge in [0, 0.05) is 6.61 Å². The van der Waals surface area contributed by atoms with Crippen LogP contribution in [0, 0.1) is 0 Å². The van der Waals surface area contributed by atoms with Crippen molar-refractivity contribution < 1.29 is 4.74 Å². The summed E-state index contributed by atoms with van der Waals surface area (Å²) in [5.41, 5.74) is 5.81. The highest BCUT2D eigenvalue weighted by molar-refractivity contribution is 5.30. The van der Waals surface area contributed by atoms with Crippen molar-refractivity contribution in [3.8, 4) is 0 Å². The molecule has 1 atom stereocenters. The molecular formula is C10H15N3O. The predicted molar refractivity (Wildman–Crippen MR) is 53.6 cm³/mol. The fourth-order valence-electron chi connectivity index (χ4n) is 1.72. The van der Waals surface area contributed by atoms with Crippen LogP contribution in [0.1, 0.15) is 32.0 Å². The molecule has 1 aromatic rings. The van der Waals surface area contributed by atoms with Gasteiger partial charge in [-0.3, -0.25) is 0 Å². The molecule has 2 N–H and O–H groups in total. The van der Waals surface area contributed by atoms with Crippen molar-refractivity contribution in [2.24, 2.45) is 0 Å². The van der Waals surface area contributed by atoms with E-state index in [9.17, 15) is 0 Å². The van der Waals surface area contributed by atoms with Gasteiger partial charge in [-0.25, -0.2) is 9.97 Å². The maximum atomic E-state index is 5.73. The summed E-state index contributed by atoms with van der Waals surface area (Å²) in [5.74, 6) is 0.742. The second-order valence-electron chi connectivity index (χ2n) is 3.88. The van der Waals surface area contributed by atoms with Gasteiger partial charge in [-0.2, -0.15) is 0 Å². The van der Waals surface area contributed by atoms with Gasteiger partial charge in [0.2, 0.25) is 0 Å². The zero-order chi connectivity index (χ0) is 10.0. The number of nitrogen functional groups attached to an aromatic ring is 1. The van der Waals surface area contributed by atoms with Gasteiger partial charge in [0.05, 0.1) is 18.1 Å². The molecule has 4 heteroatoms. The number of anilines is 1. The summed E-state index contributed by atoms with van der Waals surface area (Å²) < 4.78 is 5.73. The maximum Gasteiger partial charge on any atom is 0.160 e. The normalized spacial score (nSPS) is 27.5. The van der Waals surface area contributed by atoms with Crippen LogP contribution in [0.5, 0.6) is 0 Å². The van der Waals surface area contributed by atoms with E-state index in [0.717, 1.165) is 25.3 Å². The molecular weight excluding hydrogens is 178 g/mol. The SMILES string of the molecule is CC1(c2ncc(N)cn2)CCCCO1. The van der Waals surface area contributed by atoms with Gasteiger partial charge >= 0.3 is 0 Å². The lowest BCUT2D eigenvalue weighted by molar-refractivity contribution is -0.0760. The Bertz CT molecular complexity index is 304. The summed E-state index contributed by atoms with van der Waals surface area (Å²) in [4.78, 5) is 8.43. The van der Waals surface area contributed by atoms with E-state index in [2.05, 4.69) is 9.97 Å². The van der Waals surface area contributed by atoms with Gasteiger partial charge in [0.15, 0.2) is 5.82 Å². The van der Waals surface area contributed by atoms with Crippen LogP contribution >= 0.6 is 0 Å². The van der Waals surface area contributed by atoms with Crippen molar-refractivity contribution in [3.05, 3.63) is 18.2 Å². The fourth-order valence-corrected chi connectivity index (χ4v) is 1.72. The Morgan fingerprint density at radius 3 is 2.64 bits per heavy atom. The van der Waals surface area contributed by atoms with Crippen molar-refractivity contribution in [1.29, 1.82) is 0 Å². The number of ether oxygens (including phenoxy) is 1. The van der Waals surface area contributed by atoms with Gasteiger partial charge in [-0.15, -0.1) is 0 Å². The van der Waals surface area contributed by atoms with E-state index in [1.165, 1.54) is 6.42 Å². The Labute approximate surface area is 83.5 Å². The average Bonchev–Trinajstić information content (AvgIpc) is 2.19. The van der Waals surface area contributed by atoms with Crippen molar-refractivity contribution >= 4 is 5.69 Å². The molecule has 76 valence electrons. The highest BCUT2D eigenvalue weighted by Crippen LogP contribution is 2.32. The largest absolute Gasteiger partial charge is 0.396 e. The van der Waals surface area contributed by atoms with Crippen LogP contribution in [0.25, 0.3) is 0 Å². The van der Waals surface area contributed by atoms with Crippen LogP contribution in [-0.2, 0) is 10.3 Å². The van der Waals surface area contributed by atoms with Crippen LogP contribution < -0.4 is 5.73 Å². The van der Waals surface area contributed by atoms with E-state index in [1.54, 1.807) is 12.4 Å². The minimum absolute atomic E-state index is 0.314. The molecule has 0 aromatic carbocycles. The summed E-state index contributed by atoms with van der Waals surface area (Å²) in [6.45, 7) is 2.84. The van der Waals surface area contributed by atoms with Gasteiger partial charge in [0.1, 0.15) is 5.60 Å². The molecule has 1 aliphatic heterocycles. The molecule has 2 rings (SSSR count). The van der Waals surface area contributed by atoms with E-state index < -0.39 is 0 Å². The molecule has 1 aromatic heterocycles. The number of hydrogen-bond acceptors (Lipinski definition) is 4. The molecule has 1 unspecified atom stereocenters. The Hall–Kier alpha value is -1.16. The standard InChI is InChI=1S/C10H15N3O/c1-10(4-2-3-5-14-10)9-12-6-8(11)7-13-9/h6-7H,2-5,11H2,1H3. The lowest BCUT2D eigenvalue weighted by Gasteiger charge is -2.32. The third-order valence-corrected chi connectivity index (χ3v) is 2.61. The highest BCUT2D eigenvalue weighted by Gasteiger charge is 2.32. The van der Waals surface area contributed by atoms with Crippen LogP contribution in [-0.4, -0.2) is 16.6 Å². The first kappa shape index (κ1) is 9.40. The molecule has 4 nitrogen and oxygen atoms in total. The first-order chi connectivity index (χ1) is 6.71. The van der Waals surface area contributed by atoms with Crippen molar-refractivity contribution in [2.45, 2.75) is 31.8 Å². The zero-order valence-electron chi connectivity index (χ0n) is 8.36. The van der Waals surface area contributed by atoms with Crippen molar-refractivity contribution in [2.75, 3.05) is 12.3 Å². The molecule has 1 fully saturated rings. The van der Waals surface area contributed by atoms with Crippen LogP contribution in [0.3, 0.4) is 0 Å². The van der Waals surface area contributed by atoms with Gasteiger partial charge in [0.25, 0.3) is 0 Å². The molecule has 0 saturated carbocycles. The van der Waals surface area contributed by atoms with Crippen molar-refractivity contribution in [1.82, 2.24) is 9.97 Å². The predicted octanol–water partition coefficient (Wildman–Crippen LogP) is 1.47. The van der Waals surface area contributed by atoms with Crippen LogP contribution in [0.15, 0.2) is 12.4 Å². The molecule has 0 radical (unpaired) electrons. The second kappa shape index (κ2) is 3.53. The molecule has 0 spiro atoms. The third-order valence-electron chi connectivity index (χ3n) is 2.61. The smallest absolute Gasteiger partial charge is 0.160 e. The number of rotatable bonds is 1. The summed E-state index contributed by atoms with van der Waals surface area (Å²) in [7, 11) is 0. The molecule has 14 heavy (non-hydrogen) atoms. The summed E-state index contributed by atoms with van der Waals surface area (Å²) in [5, 5.41) is 0. The molecule has 0 bridgehead atoms. The zero-order valence-corrected chi connectivity index (χ0v) is 8.36. The maximum absolute atomic E-state index is 5.73. The average molecular weight is 193 g/mol. The molecule has 0 aliphatic carbocycles. The topological polar surface area (TPSA) is 61.0 Å². The lowest BCUT2D eigenvalue weighted by atomic mass is 9.95.